The van der Waals surface area contributed by atoms with Gasteiger partial charge in [0.25, 0.3) is 0 Å². The van der Waals surface area contributed by atoms with Crippen molar-refractivity contribution in [3.05, 3.63) is 5.82 Å². The largest absolute Gasteiger partial charge is 0.465 e. The lowest BCUT2D eigenvalue weighted by Gasteiger charge is -2.39. The second-order valence-corrected chi connectivity index (χ2v) is 11.4. The number of hydrogen-bond acceptors (Lipinski definition) is 5. The van der Waals surface area contributed by atoms with E-state index in [0.717, 1.165) is 0 Å². The summed E-state index contributed by atoms with van der Waals surface area (Å²) in [6.45, 7) is 12.3. The van der Waals surface area contributed by atoms with E-state index in [1.165, 1.54) is 4.80 Å². The highest BCUT2D eigenvalue weighted by atomic mass is 28.4. The molecule has 0 aliphatic rings. The van der Waals surface area contributed by atoms with Gasteiger partial charge in [0.2, 0.25) is 5.82 Å². The summed E-state index contributed by atoms with van der Waals surface area (Å²) in [5.41, 5.74) is 0. The Hall–Kier alpha value is -1.48. The van der Waals surface area contributed by atoms with E-state index in [1.807, 2.05) is 0 Å². The van der Waals surface area contributed by atoms with Gasteiger partial charge in [0, 0.05) is 0 Å². The van der Waals surface area contributed by atoms with Crippen molar-refractivity contribution in [3.63, 3.8) is 0 Å². The summed E-state index contributed by atoms with van der Waals surface area (Å²) in [5, 5.41) is 23.3. The molecular weight excluding hydrogens is 290 g/mol. The van der Waals surface area contributed by atoms with Gasteiger partial charge in [-0.3, -0.25) is 0 Å². The van der Waals surface area contributed by atoms with Crippen LogP contribution in [0.1, 0.15) is 39.6 Å². The van der Waals surface area contributed by atoms with Crippen LogP contribution in [0.2, 0.25) is 18.1 Å². The Balaban J connectivity index is 3.05. The molecule has 1 amide bonds. The van der Waals surface area contributed by atoms with Crippen LogP contribution < -0.4 is 5.32 Å². The molecule has 1 aromatic rings. The third kappa shape index (κ3) is 4.50. The number of amides is 1. The molecule has 2 N–H and O–H groups in total. The van der Waals surface area contributed by atoms with Gasteiger partial charge in [-0.1, -0.05) is 20.8 Å². The molecule has 0 aliphatic heterocycles. The van der Waals surface area contributed by atoms with Gasteiger partial charge in [-0.15, -0.1) is 10.2 Å². The summed E-state index contributed by atoms with van der Waals surface area (Å²) in [5.74, 6) is 0.392. The number of carbonyl (C=O) groups is 1. The molecule has 0 saturated heterocycles. The maximum absolute atomic E-state index is 10.9. The Morgan fingerprint density at radius 3 is 2.38 bits per heavy atom. The Morgan fingerprint density at radius 1 is 1.43 bits per heavy atom. The fourth-order valence-electron chi connectivity index (χ4n) is 1.56. The molecule has 21 heavy (non-hydrogen) atoms. The Morgan fingerprint density at radius 2 is 2.00 bits per heavy atom. The highest BCUT2D eigenvalue weighted by Crippen LogP contribution is 2.39. The topological polar surface area (TPSA) is 102 Å². The van der Waals surface area contributed by atoms with Crippen LogP contribution in [0.4, 0.5) is 4.79 Å². The first kappa shape index (κ1) is 17.6. The van der Waals surface area contributed by atoms with Gasteiger partial charge >= 0.3 is 6.09 Å². The fraction of sp³-hybridized carbons (Fsp3) is 0.833. The summed E-state index contributed by atoms with van der Waals surface area (Å²) < 4.78 is 6.30. The third-order valence-corrected chi connectivity index (χ3v) is 8.27. The summed E-state index contributed by atoms with van der Waals surface area (Å²) in [6, 6.07) is -0.471. The van der Waals surface area contributed by atoms with Gasteiger partial charge in [-0.2, -0.15) is 4.80 Å². The molecule has 8 nitrogen and oxygen atoms in total. The molecule has 0 fully saturated rings. The quantitative estimate of drug-likeness (QED) is 0.805. The monoisotopic (exact) mass is 315 g/mol. The zero-order valence-corrected chi connectivity index (χ0v) is 14.7. The molecule has 9 heteroatoms. The SMILES string of the molecule is C[C@H](NC(=O)O)[C@H](O[Si](C)(C)C(C)(C)C)c1nnn(C)n1. The molecule has 0 bridgehead atoms. The van der Waals surface area contributed by atoms with Gasteiger partial charge in [-0.05, 0) is 30.3 Å². The van der Waals surface area contributed by atoms with Crippen LogP contribution in [0.25, 0.3) is 0 Å². The van der Waals surface area contributed by atoms with Crippen molar-refractivity contribution in [1.82, 2.24) is 25.5 Å². The van der Waals surface area contributed by atoms with Crippen molar-refractivity contribution in [3.8, 4) is 0 Å². The minimum Gasteiger partial charge on any atom is -0.465 e. The zero-order valence-electron chi connectivity index (χ0n) is 13.7. The first-order valence-corrected chi connectivity index (χ1v) is 9.76. The van der Waals surface area contributed by atoms with Crippen LogP contribution in [0.15, 0.2) is 0 Å². The van der Waals surface area contributed by atoms with Crippen LogP contribution in [0.3, 0.4) is 0 Å². The van der Waals surface area contributed by atoms with Crippen LogP contribution in [-0.2, 0) is 11.5 Å². The van der Waals surface area contributed by atoms with E-state index >= 15 is 0 Å². The fourth-order valence-corrected chi connectivity index (χ4v) is 2.85. The van der Waals surface area contributed by atoms with Gasteiger partial charge < -0.3 is 14.8 Å². The molecule has 2 atom stereocenters. The van der Waals surface area contributed by atoms with Crippen molar-refractivity contribution in [2.45, 2.75) is 58.0 Å². The number of carboxylic acid groups (broad SMARTS) is 1. The van der Waals surface area contributed by atoms with Crippen molar-refractivity contribution >= 4 is 14.4 Å². The summed E-state index contributed by atoms with van der Waals surface area (Å²) in [7, 11) is -0.443. The summed E-state index contributed by atoms with van der Waals surface area (Å²) in [6.07, 6.45) is -1.66. The number of tetrazole rings is 1. The van der Waals surface area contributed by atoms with Gasteiger partial charge in [0.15, 0.2) is 8.32 Å². The van der Waals surface area contributed by atoms with Gasteiger partial charge in [0.1, 0.15) is 6.10 Å². The molecular formula is C12H25N5O3Si. The van der Waals surface area contributed by atoms with Crippen LogP contribution in [0, 0.1) is 0 Å². The third-order valence-electron chi connectivity index (χ3n) is 3.81. The van der Waals surface area contributed by atoms with Crippen LogP contribution in [-0.4, -0.2) is 45.8 Å². The number of aryl methyl sites for hydroxylation is 1. The summed E-state index contributed by atoms with van der Waals surface area (Å²) in [4.78, 5) is 12.2. The molecule has 0 saturated carbocycles. The molecule has 0 spiro atoms. The number of nitrogens with one attached hydrogen (secondary N) is 1. The predicted octanol–water partition coefficient (Wildman–Crippen LogP) is 1.93. The first-order valence-electron chi connectivity index (χ1n) is 6.85. The van der Waals surface area contributed by atoms with E-state index in [0.29, 0.717) is 5.82 Å². The highest BCUT2D eigenvalue weighted by Gasteiger charge is 2.42. The van der Waals surface area contributed by atoms with E-state index < -0.39 is 26.6 Å². The molecule has 1 rings (SSSR count). The van der Waals surface area contributed by atoms with Crippen molar-refractivity contribution < 1.29 is 14.3 Å². The average molecular weight is 315 g/mol. The molecule has 0 unspecified atom stereocenters. The second-order valence-electron chi connectivity index (χ2n) is 6.67. The Labute approximate surface area is 126 Å². The minimum atomic E-state index is -2.11. The zero-order chi connectivity index (χ0) is 16.4. The van der Waals surface area contributed by atoms with Gasteiger partial charge in [-0.25, -0.2) is 4.79 Å². The standard InChI is InChI=1S/C12H25N5O3Si/c1-8(13-11(18)19)9(10-14-16-17(5)15-10)20-21(6,7)12(2,3)4/h8-9,13H,1-7H3,(H,18,19)/t8-,9-/m0/s1. The van der Waals surface area contributed by atoms with Crippen LogP contribution >= 0.6 is 0 Å². The Bertz CT molecular complexity index is 497. The maximum Gasteiger partial charge on any atom is 0.404 e. The van der Waals surface area contributed by atoms with E-state index in [1.54, 1.807) is 14.0 Å². The number of nitrogens with zero attached hydrogens (tertiary/aromatic N) is 4. The maximum atomic E-state index is 10.9. The lowest BCUT2D eigenvalue weighted by Crippen LogP contribution is -2.47. The lowest BCUT2D eigenvalue weighted by atomic mass is 10.2. The average Bonchev–Trinajstić information content (AvgIpc) is 2.70. The number of hydrogen-bond donors (Lipinski definition) is 2. The molecule has 0 aliphatic carbocycles. The van der Waals surface area contributed by atoms with Crippen molar-refractivity contribution in [2.24, 2.45) is 7.05 Å². The van der Waals surface area contributed by atoms with E-state index in [-0.39, 0.29) is 5.04 Å². The molecule has 1 heterocycles. The first-order chi connectivity index (χ1) is 9.44. The predicted molar refractivity (Wildman–Crippen MR) is 80.4 cm³/mol. The van der Waals surface area contributed by atoms with E-state index in [2.05, 4.69) is 54.6 Å². The molecule has 120 valence electrons. The normalized spacial score (nSPS) is 15.6. The smallest absolute Gasteiger partial charge is 0.404 e. The highest BCUT2D eigenvalue weighted by molar-refractivity contribution is 6.74. The summed E-state index contributed by atoms with van der Waals surface area (Å²) >= 11 is 0. The number of rotatable bonds is 5. The molecule has 1 aromatic heterocycles. The van der Waals surface area contributed by atoms with E-state index in [4.69, 9.17) is 9.53 Å². The Kier molecular flexibility index (Phi) is 5.10. The minimum absolute atomic E-state index is 0.00357. The molecule has 0 aromatic carbocycles. The van der Waals surface area contributed by atoms with Crippen molar-refractivity contribution in [2.75, 3.05) is 0 Å². The van der Waals surface area contributed by atoms with Crippen LogP contribution in [0.5, 0.6) is 0 Å². The van der Waals surface area contributed by atoms with Crippen molar-refractivity contribution in [1.29, 1.82) is 0 Å². The van der Waals surface area contributed by atoms with Gasteiger partial charge in [0.05, 0.1) is 13.1 Å². The molecule has 0 radical (unpaired) electrons. The van der Waals surface area contributed by atoms with E-state index in [9.17, 15) is 4.79 Å². The second kappa shape index (κ2) is 6.10. The lowest BCUT2D eigenvalue weighted by molar-refractivity contribution is 0.126. The number of aromatic nitrogens is 4.